The smallest absolute Gasteiger partial charge is 0.227 e. The quantitative estimate of drug-likeness (QED) is 0.584. The van der Waals surface area contributed by atoms with Gasteiger partial charge in [-0.25, -0.2) is 4.98 Å². The largest absolute Gasteiger partial charge is 0.355 e. The molecule has 144 valence electrons. The van der Waals surface area contributed by atoms with Gasteiger partial charge in [-0.2, -0.15) is 0 Å². The van der Waals surface area contributed by atoms with E-state index in [4.69, 9.17) is 11.6 Å². The molecule has 0 bridgehead atoms. The molecule has 2 aromatic carbocycles. The molecule has 3 rings (SSSR count). The predicted molar refractivity (Wildman–Crippen MR) is 113 cm³/mol. The van der Waals surface area contributed by atoms with Gasteiger partial charge in [-0.15, -0.1) is 11.3 Å². The monoisotopic (exact) mass is 413 g/mol. The first-order valence-electron chi connectivity index (χ1n) is 8.88. The fraction of sp³-hybridized carbons (Fsp3) is 0.190. The molecule has 1 aromatic heterocycles. The van der Waals surface area contributed by atoms with Crippen molar-refractivity contribution in [1.29, 1.82) is 0 Å². The molecule has 0 fully saturated rings. The van der Waals surface area contributed by atoms with Crippen molar-refractivity contribution in [3.63, 3.8) is 0 Å². The number of carbonyl (C=O) groups excluding carboxylic acids is 2. The van der Waals surface area contributed by atoms with Gasteiger partial charge in [0, 0.05) is 35.5 Å². The maximum absolute atomic E-state index is 12.0. The summed E-state index contributed by atoms with van der Waals surface area (Å²) in [5, 5.41) is 6.80. The molecule has 0 spiro atoms. The van der Waals surface area contributed by atoms with Crippen LogP contribution in [0.2, 0.25) is 5.02 Å². The number of carbonyl (C=O) groups is 2. The van der Waals surface area contributed by atoms with E-state index < -0.39 is 0 Å². The van der Waals surface area contributed by atoms with Gasteiger partial charge in [0.25, 0.3) is 0 Å². The summed E-state index contributed by atoms with van der Waals surface area (Å²) in [6, 6.07) is 17.1. The van der Waals surface area contributed by atoms with E-state index in [9.17, 15) is 9.59 Å². The Labute approximate surface area is 172 Å². The maximum atomic E-state index is 12.0. The van der Waals surface area contributed by atoms with E-state index in [2.05, 4.69) is 15.6 Å². The highest BCUT2D eigenvalue weighted by Crippen LogP contribution is 2.22. The van der Waals surface area contributed by atoms with Crippen LogP contribution in [0.4, 0.5) is 5.13 Å². The molecular weight excluding hydrogens is 394 g/mol. The van der Waals surface area contributed by atoms with Crippen molar-refractivity contribution in [3.05, 3.63) is 81.8 Å². The highest BCUT2D eigenvalue weighted by Gasteiger charge is 2.09. The molecule has 7 heteroatoms. The number of nitrogens with one attached hydrogen (secondary N) is 2. The van der Waals surface area contributed by atoms with Crippen molar-refractivity contribution < 1.29 is 9.59 Å². The summed E-state index contributed by atoms with van der Waals surface area (Å²) in [6.45, 7) is 0.292. The lowest BCUT2D eigenvalue weighted by Crippen LogP contribution is -2.28. The molecule has 0 aliphatic rings. The van der Waals surface area contributed by atoms with E-state index >= 15 is 0 Å². The molecule has 0 unspecified atom stereocenters. The lowest BCUT2D eigenvalue weighted by Gasteiger charge is -2.05. The average Bonchev–Trinajstić information content (AvgIpc) is 3.11. The molecule has 0 radical (unpaired) electrons. The molecule has 2 N–H and O–H groups in total. The number of amides is 2. The molecular formula is C21H20ClN3O2S. The lowest BCUT2D eigenvalue weighted by molar-refractivity contribution is -0.120. The van der Waals surface area contributed by atoms with Crippen LogP contribution in [0.15, 0.2) is 60.8 Å². The Bertz CT molecular complexity index is 926. The normalized spacial score (nSPS) is 10.5. The number of aromatic nitrogens is 1. The second-order valence-corrected chi connectivity index (χ2v) is 7.80. The van der Waals surface area contributed by atoms with Gasteiger partial charge in [0.15, 0.2) is 5.13 Å². The second-order valence-electron chi connectivity index (χ2n) is 6.25. The Hall–Kier alpha value is -2.70. The third kappa shape index (κ3) is 6.48. The standard InChI is InChI=1S/C21H20ClN3O2S/c22-17-8-6-16(7-9-17)12-18-14-24-21(28-18)25-19(26)10-11-23-20(27)13-15-4-2-1-3-5-15/h1-9,14H,10-13H2,(H,23,27)(H,24,25,26). The van der Waals surface area contributed by atoms with Crippen molar-refractivity contribution in [2.24, 2.45) is 0 Å². The number of nitrogens with zero attached hydrogens (tertiary/aromatic N) is 1. The summed E-state index contributed by atoms with van der Waals surface area (Å²) in [5.41, 5.74) is 2.08. The first kappa shape index (κ1) is 20.0. The van der Waals surface area contributed by atoms with Crippen molar-refractivity contribution in [1.82, 2.24) is 10.3 Å². The zero-order chi connectivity index (χ0) is 19.8. The van der Waals surface area contributed by atoms with Gasteiger partial charge < -0.3 is 10.6 Å². The number of hydrogen-bond acceptors (Lipinski definition) is 4. The molecule has 2 amide bonds. The van der Waals surface area contributed by atoms with E-state index in [1.165, 1.54) is 11.3 Å². The van der Waals surface area contributed by atoms with Crippen LogP contribution in [-0.4, -0.2) is 23.3 Å². The van der Waals surface area contributed by atoms with E-state index in [0.717, 1.165) is 22.4 Å². The summed E-state index contributed by atoms with van der Waals surface area (Å²) in [4.78, 5) is 29.2. The molecule has 3 aromatic rings. The van der Waals surface area contributed by atoms with Crippen LogP contribution >= 0.6 is 22.9 Å². The minimum Gasteiger partial charge on any atom is -0.355 e. The predicted octanol–water partition coefficient (Wildman–Crippen LogP) is 4.07. The zero-order valence-corrected chi connectivity index (χ0v) is 16.7. The molecule has 0 aliphatic carbocycles. The first-order chi connectivity index (χ1) is 13.6. The van der Waals surface area contributed by atoms with E-state index in [1.54, 1.807) is 6.20 Å². The fourth-order valence-electron chi connectivity index (χ4n) is 2.59. The van der Waals surface area contributed by atoms with Crippen LogP contribution in [-0.2, 0) is 22.4 Å². The zero-order valence-electron chi connectivity index (χ0n) is 15.2. The van der Waals surface area contributed by atoms with Gasteiger partial charge in [0.1, 0.15) is 0 Å². The number of rotatable bonds is 8. The molecule has 0 aliphatic heterocycles. The van der Waals surface area contributed by atoms with Gasteiger partial charge in [0.05, 0.1) is 6.42 Å². The summed E-state index contributed by atoms with van der Waals surface area (Å²) < 4.78 is 0. The Balaban J connectivity index is 1.39. The summed E-state index contributed by atoms with van der Waals surface area (Å²) in [5.74, 6) is -0.272. The number of benzene rings is 2. The van der Waals surface area contributed by atoms with Crippen molar-refractivity contribution in [3.8, 4) is 0 Å². The maximum Gasteiger partial charge on any atom is 0.227 e. The number of halogens is 1. The molecule has 0 saturated heterocycles. The topological polar surface area (TPSA) is 71.1 Å². The first-order valence-corrected chi connectivity index (χ1v) is 10.1. The molecule has 28 heavy (non-hydrogen) atoms. The van der Waals surface area contributed by atoms with Crippen LogP contribution in [0.3, 0.4) is 0 Å². The van der Waals surface area contributed by atoms with Crippen molar-refractivity contribution in [2.75, 3.05) is 11.9 Å². The van der Waals surface area contributed by atoms with Crippen LogP contribution in [0, 0.1) is 0 Å². The fourth-order valence-corrected chi connectivity index (χ4v) is 3.58. The second kappa shape index (κ2) is 10.0. The minimum atomic E-state index is -0.174. The van der Waals surface area contributed by atoms with E-state index in [1.807, 2.05) is 54.6 Å². The van der Waals surface area contributed by atoms with Crippen LogP contribution in [0.25, 0.3) is 0 Å². The lowest BCUT2D eigenvalue weighted by atomic mass is 10.1. The highest BCUT2D eigenvalue weighted by atomic mass is 35.5. The SMILES string of the molecule is O=C(Cc1ccccc1)NCCC(=O)Nc1ncc(Cc2ccc(Cl)cc2)s1. The Kier molecular flexibility index (Phi) is 7.17. The van der Waals surface area contributed by atoms with Crippen molar-refractivity contribution >= 4 is 39.9 Å². The van der Waals surface area contributed by atoms with Crippen LogP contribution in [0.5, 0.6) is 0 Å². The van der Waals surface area contributed by atoms with Gasteiger partial charge in [-0.3, -0.25) is 9.59 Å². The number of hydrogen-bond donors (Lipinski definition) is 2. The van der Waals surface area contributed by atoms with E-state index in [0.29, 0.717) is 23.1 Å². The van der Waals surface area contributed by atoms with Gasteiger partial charge >= 0.3 is 0 Å². The molecule has 0 saturated carbocycles. The minimum absolute atomic E-state index is 0.0986. The molecule has 0 atom stereocenters. The Morgan fingerprint density at radius 2 is 1.71 bits per heavy atom. The third-order valence-electron chi connectivity index (χ3n) is 3.97. The van der Waals surface area contributed by atoms with Gasteiger partial charge in [0.2, 0.25) is 11.8 Å². The van der Waals surface area contributed by atoms with Crippen LogP contribution in [0.1, 0.15) is 22.4 Å². The average molecular weight is 414 g/mol. The Morgan fingerprint density at radius 3 is 2.46 bits per heavy atom. The van der Waals surface area contributed by atoms with Crippen molar-refractivity contribution in [2.45, 2.75) is 19.3 Å². The molecule has 5 nitrogen and oxygen atoms in total. The van der Waals surface area contributed by atoms with Crippen LogP contribution < -0.4 is 10.6 Å². The summed E-state index contributed by atoms with van der Waals surface area (Å²) in [6.07, 6.45) is 3.01. The van der Waals surface area contributed by atoms with Gasteiger partial charge in [-0.05, 0) is 23.3 Å². The Morgan fingerprint density at radius 1 is 0.964 bits per heavy atom. The number of anilines is 1. The van der Waals surface area contributed by atoms with E-state index in [-0.39, 0.29) is 18.2 Å². The highest BCUT2D eigenvalue weighted by molar-refractivity contribution is 7.15. The van der Waals surface area contributed by atoms with Gasteiger partial charge in [-0.1, -0.05) is 54.1 Å². The summed E-state index contributed by atoms with van der Waals surface area (Å²) >= 11 is 7.33. The molecule has 1 heterocycles. The third-order valence-corrected chi connectivity index (χ3v) is 5.14. The summed E-state index contributed by atoms with van der Waals surface area (Å²) in [7, 11) is 0. The number of thiazole rings is 1.